The van der Waals surface area contributed by atoms with Crippen molar-refractivity contribution in [2.75, 3.05) is 0 Å². The average Bonchev–Trinajstić information content (AvgIpc) is 2.53. The summed E-state index contributed by atoms with van der Waals surface area (Å²) in [6.45, 7) is 1.90. The third kappa shape index (κ3) is 3.58. The van der Waals surface area contributed by atoms with Crippen molar-refractivity contribution in [2.24, 2.45) is 0 Å². The predicted octanol–water partition coefficient (Wildman–Crippen LogP) is 5.18. The highest BCUT2D eigenvalue weighted by Crippen LogP contribution is 2.33. The molecule has 0 spiro atoms. The van der Waals surface area contributed by atoms with Crippen molar-refractivity contribution in [3.8, 4) is 0 Å². The lowest BCUT2D eigenvalue weighted by Gasteiger charge is -2.27. The van der Waals surface area contributed by atoms with Crippen LogP contribution in [0.25, 0.3) is 6.08 Å². The highest BCUT2D eigenvalue weighted by Gasteiger charge is 2.37. The predicted molar refractivity (Wildman–Crippen MR) is 91.1 cm³/mol. The summed E-state index contributed by atoms with van der Waals surface area (Å²) in [4.78, 5) is 11.9. The van der Waals surface area contributed by atoms with Crippen LogP contribution in [0.2, 0.25) is 5.02 Å². The summed E-state index contributed by atoms with van der Waals surface area (Å²) in [7, 11) is 0. The maximum absolute atomic E-state index is 11.9. The number of rotatable bonds is 6. The fourth-order valence-corrected chi connectivity index (χ4v) is 2.68. The van der Waals surface area contributed by atoms with Crippen molar-refractivity contribution in [3.05, 3.63) is 76.8 Å². The number of carboxylic acids is 1. The van der Waals surface area contributed by atoms with Crippen molar-refractivity contribution in [1.82, 2.24) is 0 Å². The summed E-state index contributed by atoms with van der Waals surface area (Å²) in [6, 6.07) is 17.0. The SMILES string of the molecule is CCC(CC=Cc1ccccc1)(C(=O)O)c1ccc(Cl)cc1. The van der Waals surface area contributed by atoms with Crippen LogP contribution in [0.4, 0.5) is 0 Å². The molecular weight excluding hydrogens is 296 g/mol. The zero-order chi connectivity index (χ0) is 16.0. The Morgan fingerprint density at radius 2 is 1.77 bits per heavy atom. The van der Waals surface area contributed by atoms with Gasteiger partial charge in [-0.1, -0.05) is 73.1 Å². The molecule has 0 fully saturated rings. The van der Waals surface area contributed by atoms with Crippen LogP contribution in [0.3, 0.4) is 0 Å². The first-order valence-electron chi connectivity index (χ1n) is 7.29. The minimum absolute atomic E-state index is 0.440. The molecule has 0 aromatic heterocycles. The zero-order valence-electron chi connectivity index (χ0n) is 12.5. The molecule has 0 aliphatic heterocycles. The van der Waals surface area contributed by atoms with Crippen molar-refractivity contribution in [1.29, 1.82) is 0 Å². The molecule has 1 atom stereocenters. The Morgan fingerprint density at radius 1 is 1.14 bits per heavy atom. The second kappa shape index (κ2) is 7.28. The summed E-state index contributed by atoms with van der Waals surface area (Å²) in [5.74, 6) is -0.810. The monoisotopic (exact) mass is 314 g/mol. The molecular formula is C19H19ClO2. The molecule has 3 heteroatoms. The molecule has 0 saturated heterocycles. The molecule has 0 aliphatic rings. The number of aliphatic carboxylic acids is 1. The highest BCUT2D eigenvalue weighted by molar-refractivity contribution is 6.30. The van der Waals surface area contributed by atoms with Crippen LogP contribution in [0.15, 0.2) is 60.7 Å². The van der Waals surface area contributed by atoms with Gasteiger partial charge >= 0.3 is 5.97 Å². The van der Waals surface area contributed by atoms with Crippen LogP contribution in [-0.4, -0.2) is 11.1 Å². The number of halogens is 1. The number of benzene rings is 2. The van der Waals surface area contributed by atoms with Crippen LogP contribution >= 0.6 is 11.6 Å². The molecule has 2 aromatic carbocycles. The van der Waals surface area contributed by atoms with Gasteiger partial charge in [0.15, 0.2) is 0 Å². The highest BCUT2D eigenvalue weighted by atomic mass is 35.5. The van der Waals surface area contributed by atoms with Gasteiger partial charge in [0.25, 0.3) is 0 Å². The van der Waals surface area contributed by atoms with Gasteiger partial charge in [0.05, 0.1) is 5.41 Å². The smallest absolute Gasteiger partial charge is 0.314 e. The largest absolute Gasteiger partial charge is 0.481 e. The van der Waals surface area contributed by atoms with Gasteiger partial charge in [-0.05, 0) is 36.1 Å². The summed E-state index contributed by atoms with van der Waals surface area (Å²) in [6.07, 6.45) is 4.85. The van der Waals surface area contributed by atoms with E-state index in [2.05, 4.69) is 0 Å². The summed E-state index contributed by atoms with van der Waals surface area (Å²) < 4.78 is 0. The van der Waals surface area contributed by atoms with Gasteiger partial charge < -0.3 is 5.11 Å². The Balaban J connectivity index is 2.28. The molecule has 22 heavy (non-hydrogen) atoms. The van der Waals surface area contributed by atoms with Gasteiger partial charge in [0, 0.05) is 5.02 Å². The molecule has 0 amide bonds. The van der Waals surface area contributed by atoms with Crippen LogP contribution in [-0.2, 0) is 10.2 Å². The number of allylic oxidation sites excluding steroid dienone is 1. The summed E-state index contributed by atoms with van der Waals surface area (Å²) in [5, 5.41) is 10.4. The third-order valence-corrected chi connectivity index (χ3v) is 4.24. The number of carbonyl (C=O) groups is 1. The standard InChI is InChI=1S/C19H19ClO2/c1-2-19(18(21)22,16-10-12-17(20)13-11-16)14-6-9-15-7-4-3-5-8-15/h3-13H,2,14H2,1H3,(H,21,22). The average molecular weight is 315 g/mol. The Bertz CT molecular complexity index is 647. The fraction of sp³-hybridized carbons (Fsp3) is 0.211. The minimum atomic E-state index is -0.921. The van der Waals surface area contributed by atoms with E-state index in [0.717, 1.165) is 11.1 Å². The van der Waals surface area contributed by atoms with E-state index in [1.165, 1.54) is 0 Å². The normalized spacial score (nSPS) is 13.9. The van der Waals surface area contributed by atoms with Crippen molar-refractivity contribution < 1.29 is 9.90 Å². The molecule has 0 bridgehead atoms. The van der Waals surface area contributed by atoms with Gasteiger partial charge in [0.2, 0.25) is 0 Å². The molecule has 2 aromatic rings. The third-order valence-electron chi connectivity index (χ3n) is 3.99. The van der Waals surface area contributed by atoms with E-state index in [9.17, 15) is 9.90 Å². The molecule has 2 nitrogen and oxygen atoms in total. The molecule has 0 aliphatic carbocycles. The molecule has 1 N–H and O–H groups in total. The Labute approximate surface area is 136 Å². The fourth-order valence-electron chi connectivity index (χ4n) is 2.56. The number of hydrogen-bond acceptors (Lipinski definition) is 1. The first-order chi connectivity index (χ1) is 10.6. The summed E-state index contributed by atoms with van der Waals surface area (Å²) in [5.41, 5.74) is 0.925. The van der Waals surface area contributed by atoms with Crippen LogP contribution in [0, 0.1) is 0 Å². The van der Waals surface area contributed by atoms with Crippen molar-refractivity contribution in [3.63, 3.8) is 0 Å². The molecule has 0 radical (unpaired) electrons. The Morgan fingerprint density at radius 3 is 2.32 bits per heavy atom. The lowest BCUT2D eigenvalue weighted by Crippen LogP contribution is -2.34. The second-order valence-electron chi connectivity index (χ2n) is 5.26. The van der Waals surface area contributed by atoms with Crippen molar-refractivity contribution in [2.45, 2.75) is 25.2 Å². The second-order valence-corrected chi connectivity index (χ2v) is 5.70. The first kappa shape index (κ1) is 16.3. The van der Waals surface area contributed by atoms with Crippen LogP contribution in [0.1, 0.15) is 30.9 Å². The summed E-state index contributed by atoms with van der Waals surface area (Å²) >= 11 is 5.91. The van der Waals surface area contributed by atoms with E-state index in [0.29, 0.717) is 17.9 Å². The van der Waals surface area contributed by atoms with E-state index in [1.54, 1.807) is 24.3 Å². The number of carboxylic acid groups (broad SMARTS) is 1. The van der Waals surface area contributed by atoms with E-state index in [4.69, 9.17) is 11.6 Å². The van der Waals surface area contributed by atoms with E-state index < -0.39 is 11.4 Å². The number of hydrogen-bond donors (Lipinski definition) is 1. The van der Waals surface area contributed by atoms with Gasteiger partial charge in [-0.25, -0.2) is 0 Å². The Hall–Kier alpha value is -2.06. The Kier molecular flexibility index (Phi) is 5.40. The van der Waals surface area contributed by atoms with Crippen LogP contribution in [0.5, 0.6) is 0 Å². The molecule has 0 heterocycles. The van der Waals surface area contributed by atoms with Gasteiger partial charge in [-0.3, -0.25) is 4.79 Å². The maximum atomic E-state index is 11.9. The van der Waals surface area contributed by atoms with Gasteiger partial charge in [-0.2, -0.15) is 0 Å². The molecule has 114 valence electrons. The first-order valence-corrected chi connectivity index (χ1v) is 7.67. The molecule has 0 saturated carbocycles. The molecule has 1 unspecified atom stereocenters. The van der Waals surface area contributed by atoms with Gasteiger partial charge in [0.1, 0.15) is 0 Å². The minimum Gasteiger partial charge on any atom is -0.481 e. The zero-order valence-corrected chi connectivity index (χ0v) is 13.3. The molecule has 2 rings (SSSR count). The van der Waals surface area contributed by atoms with Gasteiger partial charge in [-0.15, -0.1) is 0 Å². The van der Waals surface area contributed by atoms with E-state index in [1.807, 2.05) is 49.4 Å². The lowest BCUT2D eigenvalue weighted by atomic mass is 9.75. The maximum Gasteiger partial charge on any atom is 0.314 e. The quantitative estimate of drug-likeness (QED) is 0.798. The van der Waals surface area contributed by atoms with E-state index in [-0.39, 0.29) is 0 Å². The van der Waals surface area contributed by atoms with Crippen LogP contribution < -0.4 is 0 Å². The lowest BCUT2D eigenvalue weighted by molar-refractivity contribution is -0.144. The van der Waals surface area contributed by atoms with E-state index >= 15 is 0 Å². The topological polar surface area (TPSA) is 37.3 Å². The van der Waals surface area contributed by atoms with Crippen molar-refractivity contribution >= 4 is 23.6 Å².